The number of carboxylic acid groups (broad SMARTS) is 1. The van der Waals surface area contributed by atoms with E-state index in [1.54, 1.807) is 24.5 Å². The van der Waals surface area contributed by atoms with Gasteiger partial charge in [-0.3, -0.25) is 15.1 Å². The number of pyridine rings is 1. The molecule has 0 aliphatic heterocycles. The highest BCUT2D eigenvalue weighted by atomic mass is 35.5. The van der Waals surface area contributed by atoms with Gasteiger partial charge in [0.05, 0.1) is 17.3 Å². The minimum atomic E-state index is -1.56. The average molecular weight is 709 g/mol. The van der Waals surface area contributed by atoms with E-state index in [0.29, 0.717) is 22.1 Å². The van der Waals surface area contributed by atoms with Crippen molar-refractivity contribution in [2.45, 2.75) is 59.0 Å². The highest BCUT2D eigenvalue weighted by molar-refractivity contribution is 6.32. The molecule has 2 atom stereocenters. The van der Waals surface area contributed by atoms with Gasteiger partial charge < -0.3 is 30.7 Å². The summed E-state index contributed by atoms with van der Waals surface area (Å²) in [6.45, 7) is 7.57. The van der Waals surface area contributed by atoms with Gasteiger partial charge in [-0.1, -0.05) is 66.2 Å². The van der Waals surface area contributed by atoms with Crippen LogP contribution < -0.4 is 25.8 Å². The molecule has 6 N–H and O–H groups in total. The molecule has 5 aromatic rings. The average Bonchev–Trinajstić information content (AvgIpc) is 3.13. The summed E-state index contributed by atoms with van der Waals surface area (Å²) in [5, 5.41) is 25.8. The molecule has 1 unspecified atom stereocenters. The number of halogens is 1. The minimum absolute atomic E-state index is 0.0527. The number of aliphatic carboxylic acids is 1. The monoisotopic (exact) mass is 708 g/mol. The molecule has 4 aromatic carbocycles. The normalized spacial score (nSPS) is 12.9. The van der Waals surface area contributed by atoms with E-state index in [2.05, 4.69) is 78.0 Å². The van der Waals surface area contributed by atoms with Crippen LogP contribution in [0.1, 0.15) is 53.3 Å². The molecule has 0 saturated heterocycles. The molecular formula is C41H45ClN4O5. The van der Waals surface area contributed by atoms with Crippen LogP contribution >= 0.6 is 11.6 Å². The number of aliphatic hydroxyl groups is 1. The molecule has 0 saturated carbocycles. The van der Waals surface area contributed by atoms with E-state index in [-0.39, 0.29) is 25.8 Å². The number of carboxylic acids is 1. The van der Waals surface area contributed by atoms with Crippen LogP contribution in [0.25, 0.3) is 22.3 Å². The summed E-state index contributed by atoms with van der Waals surface area (Å²) in [6.07, 6.45) is 3.43. The van der Waals surface area contributed by atoms with Crippen LogP contribution in [-0.2, 0) is 24.6 Å². The van der Waals surface area contributed by atoms with Crippen molar-refractivity contribution in [3.05, 3.63) is 130 Å². The molecule has 9 nitrogen and oxygen atoms in total. The third-order valence-corrected chi connectivity index (χ3v) is 9.52. The molecule has 0 fully saturated rings. The standard InChI is InChI=1S/C41H45ClN4O5/c1-25-31(11-7-13-35(25)36-14-8-12-34(26(36)2)30-10-6-9-29(16-30)27(3)43)23-51-39-18-38(50-22-28-15-33(44-5)21-45-19-28)32(17-37(39)42)20-46-41(4,24-47)40(48)49/h6-19,21,27,44,46-47H,20,22-24,43H2,1-5H3,(H,48,49)/t27-,41?/m1/s1. The fraction of sp³-hybridized carbons (Fsp3) is 0.268. The van der Waals surface area contributed by atoms with Crippen LogP contribution in [0.3, 0.4) is 0 Å². The van der Waals surface area contributed by atoms with E-state index < -0.39 is 18.1 Å². The highest BCUT2D eigenvalue weighted by Crippen LogP contribution is 2.37. The Morgan fingerprint density at radius 1 is 0.902 bits per heavy atom. The van der Waals surface area contributed by atoms with Crippen molar-refractivity contribution in [2.24, 2.45) is 5.73 Å². The van der Waals surface area contributed by atoms with Gasteiger partial charge >= 0.3 is 5.97 Å². The lowest BCUT2D eigenvalue weighted by atomic mass is 9.89. The number of anilines is 1. The summed E-state index contributed by atoms with van der Waals surface area (Å²) >= 11 is 6.76. The van der Waals surface area contributed by atoms with Crippen molar-refractivity contribution in [1.82, 2.24) is 10.3 Å². The van der Waals surface area contributed by atoms with Gasteiger partial charge in [-0.25, -0.2) is 0 Å². The molecule has 0 bridgehead atoms. The second-order valence-corrected chi connectivity index (χ2v) is 13.3. The molecule has 0 spiro atoms. The fourth-order valence-electron chi connectivity index (χ4n) is 5.83. The topological polar surface area (TPSA) is 139 Å². The first kappa shape index (κ1) is 37.3. The predicted octanol–water partition coefficient (Wildman–Crippen LogP) is 7.83. The Hall–Kier alpha value is -4.93. The summed E-state index contributed by atoms with van der Waals surface area (Å²) in [4.78, 5) is 16.1. The zero-order valence-electron chi connectivity index (χ0n) is 29.6. The van der Waals surface area contributed by atoms with Crippen molar-refractivity contribution in [3.63, 3.8) is 0 Å². The SMILES string of the molecule is CNc1cncc(COc2cc(OCc3cccc(-c4cccc(-c5cccc([C@@H](C)N)c5)c4C)c3C)c(Cl)cc2CNC(C)(CO)C(=O)O)c1. The smallest absolute Gasteiger partial charge is 0.326 e. The Morgan fingerprint density at radius 2 is 1.59 bits per heavy atom. The maximum Gasteiger partial charge on any atom is 0.326 e. The van der Waals surface area contributed by atoms with E-state index in [1.807, 2.05) is 32.2 Å². The lowest BCUT2D eigenvalue weighted by molar-refractivity contribution is -0.145. The van der Waals surface area contributed by atoms with Gasteiger partial charge in [0.15, 0.2) is 0 Å². The summed E-state index contributed by atoms with van der Waals surface area (Å²) in [6, 6.07) is 26.2. The highest BCUT2D eigenvalue weighted by Gasteiger charge is 2.32. The van der Waals surface area contributed by atoms with E-state index in [9.17, 15) is 15.0 Å². The van der Waals surface area contributed by atoms with Crippen molar-refractivity contribution >= 4 is 23.3 Å². The number of ether oxygens (including phenoxy) is 2. The van der Waals surface area contributed by atoms with Gasteiger partial charge in [-0.05, 0) is 90.4 Å². The molecule has 0 amide bonds. The molecule has 10 heteroatoms. The first-order valence-corrected chi connectivity index (χ1v) is 17.1. The lowest BCUT2D eigenvalue weighted by Gasteiger charge is -2.25. The van der Waals surface area contributed by atoms with E-state index in [4.69, 9.17) is 26.8 Å². The summed E-state index contributed by atoms with van der Waals surface area (Å²) in [5.41, 5.74) is 15.8. The van der Waals surface area contributed by atoms with Crippen LogP contribution in [0.15, 0.2) is 91.3 Å². The Labute approximate surface area is 304 Å². The summed E-state index contributed by atoms with van der Waals surface area (Å²) in [5.74, 6) is -0.311. The third-order valence-electron chi connectivity index (χ3n) is 9.23. The molecule has 0 radical (unpaired) electrons. The lowest BCUT2D eigenvalue weighted by Crippen LogP contribution is -2.52. The number of rotatable bonds is 15. The molecule has 5 rings (SSSR count). The number of nitrogens with zero attached hydrogens (tertiary/aromatic N) is 1. The van der Waals surface area contributed by atoms with Crippen LogP contribution in [0, 0.1) is 13.8 Å². The third kappa shape index (κ3) is 8.69. The van der Waals surface area contributed by atoms with Crippen LogP contribution in [0.5, 0.6) is 11.5 Å². The second kappa shape index (κ2) is 16.4. The first-order valence-electron chi connectivity index (χ1n) is 16.8. The maximum atomic E-state index is 11.8. The van der Waals surface area contributed by atoms with Gasteiger partial charge in [-0.2, -0.15) is 0 Å². The molecule has 51 heavy (non-hydrogen) atoms. The van der Waals surface area contributed by atoms with Gasteiger partial charge in [0.1, 0.15) is 30.3 Å². The molecular weight excluding hydrogens is 664 g/mol. The van der Waals surface area contributed by atoms with E-state index >= 15 is 0 Å². The number of benzene rings is 4. The molecule has 0 aliphatic rings. The van der Waals surface area contributed by atoms with E-state index in [1.165, 1.54) is 12.5 Å². The predicted molar refractivity (Wildman–Crippen MR) is 203 cm³/mol. The number of aromatic nitrogens is 1. The van der Waals surface area contributed by atoms with Crippen LogP contribution in [0.4, 0.5) is 5.69 Å². The van der Waals surface area contributed by atoms with Gasteiger partial charge in [0.2, 0.25) is 0 Å². The van der Waals surface area contributed by atoms with Crippen molar-refractivity contribution in [3.8, 4) is 33.8 Å². The Bertz CT molecular complexity index is 2020. The number of carbonyl (C=O) groups is 1. The molecule has 1 heterocycles. The Kier molecular flexibility index (Phi) is 12.0. The largest absolute Gasteiger partial charge is 0.488 e. The van der Waals surface area contributed by atoms with Gasteiger partial charge in [0, 0.05) is 49.2 Å². The Balaban J connectivity index is 1.42. The number of hydrogen-bond acceptors (Lipinski definition) is 8. The van der Waals surface area contributed by atoms with Crippen LogP contribution in [0.2, 0.25) is 5.02 Å². The summed E-state index contributed by atoms with van der Waals surface area (Å²) < 4.78 is 12.6. The zero-order valence-corrected chi connectivity index (χ0v) is 30.3. The first-order chi connectivity index (χ1) is 24.4. The second-order valence-electron chi connectivity index (χ2n) is 12.9. The van der Waals surface area contributed by atoms with Crippen molar-refractivity contribution in [2.75, 3.05) is 19.0 Å². The summed E-state index contributed by atoms with van der Waals surface area (Å²) in [7, 11) is 1.81. The van der Waals surface area contributed by atoms with Crippen molar-refractivity contribution < 1.29 is 24.5 Å². The number of nitrogens with two attached hydrogens (primary N) is 1. The van der Waals surface area contributed by atoms with Crippen LogP contribution in [-0.4, -0.2) is 40.4 Å². The minimum Gasteiger partial charge on any atom is -0.488 e. The number of aliphatic hydroxyl groups excluding tert-OH is 1. The number of nitrogens with one attached hydrogen (secondary N) is 2. The molecule has 1 aromatic heterocycles. The Morgan fingerprint density at radius 3 is 2.29 bits per heavy atom. The van der Waals surface area contributed by atoms with Gasteiger partial charge in [0.25, 0.3) is 0 Å². The quantitative estimate of drug-likeness (QED) is 0.0736. The molecule has 266 valence electrons. The number of hydrogen-bond donors (Lipinski definition) is 5. The molecule has 0 aliphatic carbocycles. The maximum absolute atomic E-state index is 11.8. The fourth-order valence-corrected chi connectivity index (χ4v) is 6.07. The zero-order chi connectivity index (χ0) is 36.7. The van der Waals surface area contributed by atoms with Gasteiger partial charge in [-0.15, -0.1) is 0 Å². The van der Waals surface area contributed by atoms with Crippen molar-refractivity contribution in [1.29, 1.82) is 0 Å². The van der Waals surface area contributed by atoms with E-state index in [0.717, 1.165) is 50.2 Å².